The lowest BCUT2D eigenvalue weighted by Gasteiger charge is -2.37. The predicted octanol–water partition coefficient (Wildman–Crippen LogP) is 2.43. The highest BCUT2D eigenvalue weighted by atomic mass is 35.5. The third-order valence-corrected chi connectivity index (χ3v) is 3.51. The quantitative estimate of drug-likeness (QED) is 0.917. The number of carbonyl (C=O) groups is 1. The molecular weight excluding hydrogens is 259 g/mol. The number of likely N-dealkylation sites (N-methyl/N-ethyl adjacent to an activating group) is 1. The first-order chi connectivity index (χ1) is 8.13. The zero-order valence-corrected chi connectivity index (χ0v) is 11.1. The maximum absolute atomic E-state index is 12.3. The van der Waals surface area contributed by atoms with Gasteiger partial charge in [0, 0.05) is 24.7 Å². The van der Waals surface area contributed by atoms with E-state index in [1.54, 1.807) is 18.2 Å². The summed E-state index contributed by atoms with van der Waals surface area (Å²) in [6, 6.07) is 5.25. The first-order valence-electron chi connectivity index (χ1n) is 5.60. The van der Waals surface area contributed by atoms with Crippen molar-refractivity contribution in [2.45, 2.75) is 13.0 Å². The number of halogens is 2. The number of rotatable bonds is 3. The van der Waals surface area contributed by atoms with E-state index in [-0.39, 0.29) is 11.9 Å². The van der Waals surface area contributed by atoms with Crippen LogP contribution in [0.1, 0.15) is 17.3 Å². The molecule has 17 heavy (non-hydrogen) atoms. The van der Waals surface area contributed by atoms with E-state index in [9.17, 15) is 4.79 Å². The Balaban J connectivity index is 2.22. The Morgan fingerprint density at radius 2 is 2.18 bits per heavy atom. The molecule has 0 radical (unpaired) electrons. The summed E-state index contributed by atoms with van der Waals surface area (Å²) in [5, 5.41) is 4.11. The molecule has 1 amide bonds. The van der Waals surface area contributed by atoms with Gasteiger partial charge in [0.25, 0.3) is 5.91 Å². The summed E-state index contributed by atoms with van der Waals surface area (Å²) in [4.78, 5) is 14.2. The molecule has 0 atom stereocenters. The Morgan fingerprint density at radius 1 is 1.47 bits per heavy atom. The minimum Gasteiger partial charge on any atom is -0.333 e. The first-order valence-corrected chi connectivity index (χ1v) is 6.35. The fraction of sp³-hybridized carbons (Fsp3) is 0.417. The molecule has 0 bridgehead atoms. The van der Waals surface area contributed by atoms with Gasteiger partial charge in [-0.15, -0.1) is 0 Å². The molecule has 1 aromatic carbocycles. The van der Waals surface area contributed by atoms with Crippen molar-refractivity contribution in [2.75, 3.05) is 19.6 Å². The number of amides is 1. The minimum absolute atomic E-state index is 0.0272. The van der Waals surface area contributed by atoms with Crippen LogP contribution in [-0.4, -0.2) is 36.5 Å². The molecule has 1 heterocycles. The third-order valence-electron chi connectivity index (χ3n) is 2.96. The molecule has 0 aliphatic carbocycles. The standard InChI is InChI=1S/C12H14Cl2N2O/c1-2-16(9-6-15-7-9)12(17)10-4-3-8(13)5-11(10)14/h3-5,9,15H,2,6-7H2,1H3. The summed E-state index contributed by atoms with van der Waals surface area (Å²) in [5.41, 5.74) is 0.518. The monoisotopic (exact) mass is 272 g/mol. The van der Waals surface area contributed by atoms with Gasteiger partial charge in [0.15, 0.2) is 0 Å². The van der Waals surface area contributed by atoms with Crippen LogP contribution in [-0.2, 0) is 0 Å². The van der Waals surface area contributed by atoms with E-state index in [0.29, 0.717) is 22.2 Å². The van der Waals surface area contributed by atoms with Crippen LogP contribution < -0.4 is 5.32 Å². The number of hydrogen-bond donors (Lipinski definition) is 1. The molecule has 1 aliphatic rings. The largest absolute Gasteiger partial charge is 0.333 e. The van der Waals surface area contributed by atoms with Crippen LogP contribution >= 0.6 is 23.2 Å². The lowest BCUT2D eigenvalue weighted by Crippen LogP contribution is -2.58. The normalized spacial score (nSPS) is 15.5. The predicted molar refractivity (Wildman–Crippen MR) is 69.8 cm³/mol. The molecule has 1 aromatic rings. The highest BCUT2D eigenvalue weighted by molar-refractivity contribution is 6.36. The second-order valence-corrected chi connectivity index (χ2v) is 4.87. The van der Waals surface area contributed by atoms with Gasteiger partial charge in [0.2, 0.25) is 0 Å². The van der Waals surface area contributed by atoms with E-state index in [1.165, 1.54) is 0 Å². The van der Waals surface area contributed by atoms with E-state index in [2.05, 4.69) is 5.32 Å². The average molecular weight is 273 g/mol. The summed E-state index contributed by atoms with van der Waals surface area (Å²) in [6.45, 7) is 4.36. The average Bonchev–Trinajstić information content (AvgIpc) is 2.22. The highest BCUT2D eigenvalue weighted by Gasteiger charge is 2.28. The van der Waals surface area contributed by atoms with Crippen LogP contribution in [0.2, 0.25) is 10.0 Å². The van der Waals surface area contributed by atoms with Crippen molar-refractivity contribution in [1.82, 2.24) is 10.2 Å². The van der Waals surface area contributed by atoms with Gasteiger partial charge < -0.3 is 10.2 Å². The maximum atomic E-state index is 12.3. The molecule has 1 saturated heterocycles. The van der Waals surface area contributed by atoms with Crippen molar-refractivity contribution in [3.8, 4) is 0 Å². The molecule has 3 nitrogen and oxygen atoms in total. The molecule has 0 saturated carbocycles. The van der Waals surface area contributed by atoms with Crippen LogP contribution in [0, 0.1) is 0 Å². The zero-order valence-electron chi connectivity index (χ0n) is 9.54. The minimum atomic E-state index is -0.0272. The van der Waals surface area contributed by atoms with Gasteiger partial charge in [0.1, 0.15) is 0 Å². The second kappa shape index (κ2) is 5.25. The molecule has 0 aromatic heterocycles. The molecule has 0 unspecified atom stereocenters. The van der Waals surface area contributed by atoms with Gasteiger partial charge in [-0.2, -0.15) is 0 Å². The van der Waals surface area contributed by atoms with Crippen LogP contribution in [0.15, 0.2) is 18.2 Å². The zero-order chi connectivity index (χ0) is 12.4. The fourth-order valence-corrected chi connectivity index (χ4v) is 2.37. The van der Waals surface area contributed by atoms with Crippen molar-refractivity contribution in [1.29, 1.82) is 0 Å². The van der Waals surface area contributed by atoms with Crippen molar-refractivity contribution < 1.29 is 4.79 Å². The van der Waals surface area contributed by atoms with E-state index >= 15 is 0 Å². The number of benzene rings is 1. The Kier molecular flexibility index (Phi) is 3.92. The Labute approximate surface area is 111 Å². The molecule has 1 fully saturated rings. The summed E-state index contributed by atoms with van der Waals surface area (Å²) < 4.78 is 0. The Bertz CT molecular complexity index is 433. The molecule has 1 N–H and O–H groups in total. The van der Waals surface area contributed by atoms with Gasteiger partial charge in [-0.05, 0) is 25.1 Å². The van der Waals surface area contributed by atoms with Crippen LogP contribution in [0.25, 0.3) is 0 Å². The first kappa shape index (κ1) is 12.7. The molecule has 0 spiro atoms. The van der Waals surface area contributed by atoms with Crippen LogP contribution in [0.5, 0.6) is 0 Å². The molecule has 1 aliphatic heterocycles. The summed E-state index contributed by atoms with van der Waals surface area (Å²) in [5.74, 6) is -0.0272. The van der Waals surface area contributed by atoms with E-state index in [4.69, 9.17) is 23.2 Å². The lowest BCUT2D eigenvalue weighted by molar-refractivity contribution is 0.0630. The van der Waals surface area contributed by atoms with Crippen LogP contribution in [0.3, 0.4) is 0 Å². The summed E-state index contributed by atoms with van der Waals surface area (Å²) in [7, 11) is 0. The molecular formula is C12H14Cl2N2O. The summed E-state index contributed by atoms with van der Waals surface area (Å²) >= 11 is 11.9. The van der Waals surface area contributed by atoms with Crippen molar-refractivity contribution in [2.24, 2.45) is 0 Å². The Hall–Kier alpha value is -0.770. The van der Waals surface area contributed by atoms with Crippen molar-refractivity contribution in [3.05, 3.63) is 33.8 Å². The van der Waals surface area contributed by atoms with Gasteiger partial charge in [-0.1, -0.05) is 23.2 Å². The van der Waals surface area contributed by atoms with Gasteiger partial charge >= 0.3 is 0 Å². The van der Waals surface area contributed by atoms with Crippen LogP contribution in [0.4, 0.5) is 0 Å². The number of carbonyl (C=O) groups excluding carboxylic acids is 1. The topological polar surface area (TPSA) is 32.3 Å². The summed E-state index contributed by atoms with van der Waals surface area (Å²) in [6.07, 6.45) is 0. The van der Waals surface area contributed by atoms with E-state index in [1.807, 2.05) is 11.8 Å². The lowest BCUT2D eigenvalue weighted by atomic mass is 10.1. The van der Waals surface area contributed by atoms with Crippen molar-refractivity contribution in [3.63, 3.8) is 0 Å². The smallest absolute Gasteiger partial charge is 0.255 e. The second-order valence-electron chi connectivity index (χ2n) is 4.03. The SMILES string of the molecule is CCN(C(=O)c1ccc(Cl)cc1Cl)C1CNC1. The number of nitrogens with zero attached hydrogens (tertiary/aromatic N) is 1. The molecule has 92 valence electrons. The number of nitrogens with one attached hydrogen (secondary N) is 1. The maximum Gasteiger partial charge on any atom is 0.255 e. The van der Waals surface area contributed by atoms with E-state index < -0.39 is 0 Å². The van der Waals surface area contributed by atoms with Gasteiger partial charge in [-0.3, -0.25) is 4.79 Å². The number of hydrogen-bond acceptors (Lipinski definition) is 2. The van der Waals surface area contributed by atoms with E-state index in [0.717, 1.165) is 13.1 Å². The Morgan fingerprint density at radius 3 is 2.65 bits per heavy atom. The highest BCUT2D eigenvalue weighted by Crippen LogP contribution is 2.23. The van der Waals surface area contributed by atoms with Gasteiger partial charge in [0.05, 0.1) is 16.6 Å². The fourth-order valence-electron chi connectivity index (χ4n) is 1.88. The molecule has 2 rings (SSSR count). The van der Waals surface area contributed by atoms with Gasteiger partial charge in [-0.25, -0.2) is 0 Å². The third kappa shape index (κ3) is 2.57. The van der Waals surface area contributed by atoms with Crippen molar-refractivity contribution >= 4 is 29.1 Å². The molecule has 5 heteroatoms.